The van der Waals surface area contributed by atoms with E-state index < -0.39 is 0 Å². The summed E-state index contributed by atoms with van der Waals surface area (Å²) in [6, 6.07) is 0. The highest BCUT2D eigenvalue weighted by atomic mass is 16.5. The van der Waals surface area contributed by atoms with Gasteiger partial charge in [-0.3, -0.25) is 0 Å². The smallest absolute Gasteiger partial charge is 0.0575 e. The number of unbranched alkanes of at least 4 members (excludes halogenated alkanes) is 1. The van der Waals surface area contributed by atoms with Crippen LogP contribution in [0.5, 0.6) is 0 Å². The Morgan fingerprint density at radius 2 is 1.81 bits per heavy atom. The Balaban J connectivity index is 1.95. The first-order valence-corrected chi connectivity index (χ1v) is 6.96. The zero-order valence-electron chi connectivity index (χ0n) is 11.1. The van der Waals surface area contributed by atoms with Gasteiger partial charge >= 0.3 is 0 Å². The van der Waals surface area contributed by atoms with E-state index in [2.05, 4.69) is 13.8 Å². The zero-order valence-corrected chi connectivity index (χ0v) is 11.1. The Labute approximate surface area is 101 Å². The summed E-state index contributed by atoms with van der Waals surface area (Å²) in [5, 5.41) is 0. The molecule has 0 heterocycles. The lowest BCUT2D eigenvalue weighted by Crippen LogP contribution is -2.23. The van der Waals surface area contributed by atoms with Gasteiger partial charge in [-0.25, -0.2) is 0 Å². The molecule has 2 heteroatoms. The summed E-state index contributed by atoms with van der Waals surface area (Å²) in [4.78, 5) is 0. The minimum Gasteiger partial charge on any atom is -0.378 e. The van der Waals surface area contributed by atoms with Crippen molar-refractivity contribution in [1.29, 1.82) is 0 Å². The topological polar surface area (TPSA) is 35.2 Å². The van der Waals surface area contributed by atoms with Crippen LogP contribution in [0.15, 0.2) is 0 Å². The molecule has 0 saturated heterocycles. The van der Waals surface area contributed by atoms with Gasteiger partial charge in [0.15, 0.2) is 0 Å². The molecule has 0 amide bonds. The van der Waals surface area contributed by atoms with Crippen molar-refractivity contribution < 1.29 is 4.74 Å². The van der Waals surface area contributed by atoms with Crippen LogP contribution in [-0.4, -0.2) is 19.3 Å². The Morgan fingerprint density at radius 1 is 1.12 bits per heavy atom. The van der Waals surface area contributed by atoms with Crippen LogP contribution >= 0.6 is 0 Å². The van der Waals surface area contributed by atoms with Crippen molar-refractivity contribution in [3.63, 3.8) is 0 Å². The Kier molecular flexibility index (Phi) is 6.37. The molecule has 0 radical (unpaired) electrons. The normalized spacial score (nSPS) is 18.9. The van der Waals surface area contributed by atoms with Crippen LogP contribution in [0.2, 0.25) is 0 Å². The molecule has 0 atom stereocenters. The van der Waals surface area contributed by atoms with Gasteiger partial charge in [-0.05, 0) is 37.6 Å². The van der Waals surface area contributed by atoms with Gasteiger partial charge in [0.2, 0.25) is 0 Å². The molecule has 0 spiro atoms. The molecular formula is C14H29NO. The van der Waals surface area contributed by atoms with E-state index in [1.807, 2.05) is 0 Å². The summed E-state index contributed by atoms with van der Waals surface area (Å²) in [5.41, 5.74) is 6.02. The first-order valence-electron chi connectivity index (χ1n) is 6.96. The minimum absolute atomic E-state index is 0.310. The second-order valence-corrected chi connectivity index (χ2v) is 5.96. The van der Waals surface area contributed by atoms with Gasteiger partial charge in [-0.15, -0.1) is 0 Å². The lowest BCUT2D eigenvalue weighted by Gasteiger charge is -2.23. The number of rotatable bonds is 7. The molecule has 1 saturated carbocycles. The molecule has 1 rings (SSSR count). The molecule has 1 aliphatic carbocycles. The lowest BCUT2D eigenvalue weighted by atomic mass is 9.87. The van der Waals surface area contributed by atoms with Gasteiger partial charge in [-0.2, -0.15) is 0 Å². The Morgan fingerprint density at radius 3 is 2.44 bits per heavy atom. The largest absolute Gasteiger partial charge is 0.378 e. The highest BCUT2D eigenvalue weighted by molar-refractivity contribution is 4.69. The highest BCUT2D eigenvalue weighted by Gasteiger charge is 2.15. The number of nitrogens with two attached hydrogens (primary N) is 1. The molecule has 0 aromatic carbocycles. The molecule has 2 N–H and O–H groups in total. The van der Waals surface area contributed by atoms with Crippen LogP contribution < -0.4 is 5.73 Å². The van der Waals surface area contributed by atoms with Gasteiger partial charge in [0, 0.05) is 6.61 Å². The van der Waals surface area contributed by atoms with Crippen LogP contribution in [0.3, 0.4) is 0 Å². The van der Waals surface area contributed by atoms with E-state index in [0.29, 0.717) is 11.5 Å². The Bertz CT molecular complexity index is 174. The fraction of sp³-hybridized carbons (Fsp3) is 1.00. The molecule has 0 aliphatic heterocycles. The fourth-order valence-corrected chi connectivity index (χ4v) is 2.29. The average molecular weight is 227 g/mol. The molecular weight excluding hydrogens is 198 g/mol. The molecule has 16 heavy (non-hydrogen) atoms. The summed E-state index contributed by atoms with van der Waals surface area (Å²) in [5.74, 6) is 0. The van der Waals surface area contributed by atoms with Crippen molar-refractivity contribution in [2.45, 2.75) is 71.3 Å². The molecule has 1 fully saturated rings. The van der Waals surface area contributed by atoms with E-state index >= 15 is 0 Å². The second kappa shape index (κ2) is 7.29. The van der Waals surface area contributed by atoms with Crippen LogP contribution in [0, 0.1) is 5.41 Å². The van der Waals surface area contributed by atoms with Crippen molar-refractivity contribution in [1.82, 2.24) is 0 Å². The average Bonchev–Trinajstić information content (AvgIpc) is 2.30. The van der Waals surface area contributed by atoms with E-state index in [4.69, 9.17) is 10.5 Å². The molecule has 0 aromatic rings. The van der Waals surface area contributed by atoms with Crippen molar-refractivity contribution in [3.05, 3.63) is 0 Å². The van der Waals surface area contributed by atoms with Crippen molar-refractivity contribution in [3.8, 4) is 0 Å². The molecule has 0 bridgehead atoms. The monoisotopic (exact) mass is 227 g/mol. The molecule has 0 aromatic heterocycles. The van der Waals surface area contributed by atoms with Crippen LogP contribution in [0.25, 0.3) is 0 Å². The van der Waals surface area contributed by atoms with Gasteiger partial charge < -0.3 is 10.5 Å². The summed E-state index contributed by atoms with van der Waals surface area (Å²) >= 11 is 0. The molecule has 96 valence electrons. The van der Waals surface area contributed by atoms with Gasteiger partial charge in [0.1, 0.15) is 0 Å². The molecule has 0 unspecified atom stereocenters. The maximum absolute atomic E-state index is 5.90. The zero-order chi connectivity index (χ0) is 11.9. The SMILES string of the molecule is CC(C)(CN)CCCCOC1CCCCC1. The van der Waals surface area contributed by atoms with Gasteiger partial charge in [-0.1, -0.05) is 39.5 Å². The van der Waals surface area contributed by atoms with Crippen LogP contribution in [0.1, 0.15) is 65.2 Å². The van der Waals surface area contributed by atoms with Crippen LogP contribution in [0.4, 0.5) is 0 Å². The minimum atomic E-state index is 0.310. The standard InChI is InChI=1S/C14H29NO/c1-14(2,12-15)10-6-7-11-16-13-8-4-3-5-9-13/h13H,3-12,15H2,1-2H3. The van der Waals surface area contributed by atoms with E-state index in [0.717, 1.165) is 13.2 Å². The van der Waals surface area contributed by atoms with Gasteiger partial charge in [0.25, 0.3) is 0 Å². The maximum atomic E-state index is 5.90. The van der Waals surface area contributed by atoms with E-state index in [1.54, 1.807) is 0 Å². The fourth-order valence-electron chi connectivity index (χ4n) is 2.29. The van der Waals surface area contributed by atoms with Gasteiger partial charge in [0.05, 0.1) is 6.10 Å². The number of hydrogen-bond donors (Lipinski definition) is 1. The lowest BCUT2D eigenvalue weighted by molar-refractivity contribution is 0.0255. The third kappa shape index (κ3) is 5.86. The predicted molar refractivity (Wildman–Crippen MR) is 69.5 cm³/mol. The summed E-state index contributed by atoms with van der Waals surface area (Å²) < 4.78 is 5.90. The quantitative estimate of drug-likeness (QED) is 0.676. The Hall–Kier alpha value is -0.0800. The first-order chi connectivity index (χ1) is 7.64. The van der Waals surface area contributed by atoms with Crippen molar-refractivity contribution in [2.24, 2.45) is 11.1 Å². The number of hydrogen-bond acceptors (Lipinski definition) is 2. The maximum Gasteiger partial charge on any atom is 0.0575 e. The van der Waals surface area contributed by atoms with E-state index in [1.165, 1.54) is 51.4 Å². The third-order valence-corrected chi connectivity index (χ3v) is 3.71. The first kappa shape index (κ1) is 14.0. The van der Waals surface area contributed by atoms with Crippen molar-refractivity contribution >= 4 is 0 Å². The molecule has 1 aliphatic rings. The predicted octanol–water partition coefficient (Wildman–Crippen LogP) is 3.49. The van der Waals surface area contributed by atoms with Crippen LogP contribution in [-0.2, 0) is 4.74 Å². The summed E-state index contributed by atoms with van der Waals surface area (Å²) in [6.07, 6.45) is 10.9. The summed E-state index contributed by atoms with van der Waals surface area (Å²) in [6.45, 7) is 6.23. The second-order valence-electron chi connectivity index (χ2n) is 5.96. The third-order valence-electron chi connectivity index (χ3n) is 3.71. The van der Waals surface area contributed by atoms with Crippen molar-refractivity contribution in [2.75, 3.05) is 13.2 Å². The van der Waals surface area contributed by atoms with E-state index in [9.17, 15) is 0 Å². The number of ether oxygens (including phenoxy) is 1. The van der Waals surface area contributed by atoms with E-state index in [-0.39, 0.29) is 0 Å². The summed E-state index contributed by atoms with van der Waals surface area (Å²) in [7, 11) is 0. The molecule has 2 nitrogen and oxygen atoms in total. The highest BCUT2D eigenvalue weighted by Crippen LogP contribution is 2.23.